The zero-order valence-corrected chi connectivity index (χ0v) is 14.6. The number of hydrogen-bond acceptors (Lipinski definition) is 6. The highest BCUT2D eigenvalue weighted by Crippen LogP contribution is 2.25. The largest absolute Gasteiger partial charge is 0.492 e. The smallest absolute Gasteiger partial charge is 0.222 e. The Bertz CT molecular complexity index is 722. The van der Waals surface area contributed by atoms with Crippen LogP contribution in [0.2, 0.25) is 0 Å². The van der Waals surface area contributed by atoms with Gasteiger partial charge in [0, 0.05) is 36.9 Å². The van der Waals surface area contributed by atoms with E-state index in [4.69, 9.17) is 10.5 Å². The van der Waals surface area contributed by atoms with Gasteiger partial charge in [0.1, 0.15) is 18.2 Å². The first kappa shape index (κ1) is 16.1. The van der Waals surface area contributed by atoms with E-state index < -0.39 is 0 Å². The maximum absolute atomic E-state index is 5.89. The van der Waals surface area contributed by atoms with Crippen molar-refractivity contribution in [3.8, 4) is 5.75 Å². The fourth-order valence-electron chi connectivity index (χ4n) is 3.78. The Morgan fingerprint density at radius 2 is 1.96 bits per heavy atom. The third-order valence-corrected chi connectivity index (χ3v) is 5.03. The highest BCUT2D eigenvalue weighted by molar-refractivity contribution is 5.43. The number of piperidine rings is 1. The van der Waals surface area contributed by atoms with E-state index in [-0.39, 0.29) is 0 Å². The van der Waals surface area contributed by atoms with Gasteiger partial charge in [-0.15, -0.1) is 0 Å². The van der Waals surface area contributed by atoms with Gasteiger partial charge in [-0.2, -0.15) is 4.98 Å². The molecule has 0 spiro atoms. The number of benzene rings is 1. The van der Waals surface area contributed by atoms with Gasteiger partial charge in [0.15, 0.2) is 0 Å². The molecule has 0 bridgehead atoms. The minimum absolute atomic E-state index is 0.355. The van der Waals surface area contributed by atoms with Crippen LogP contribution in [0.4, 0.5) is 11.8 Å². The van der Waals surface area contributed by atoms with E-state index >= 15 is 0 Å². The standard InChI is InChI=1S/C19H25N5O/c1-13-10-18(23-19(20)21-13)24-8-6-15(7-9-24)22-16-11-14-4-2-3-5-17(14)25-12-16/h2-5,10,15-16,22H,6-9,11-12H2,1H3,(H2,20,21,23). The number of rotatable bonds is 3. The number of nitrogens with zero attached hydrogens (tertiary/aromatic N) is 3. The summed E-state index contributed by atoms with van der Waals surface area (Å²) in [5, 5.41) is 3.78. The van der Waals surface area contributed by atoms with Crippen molar-refractivity contribution in [3.63, 3.8) is 0 Å². The number of hydrogen-bond donors (Lipinski definition) is 2. The summed E-state index contributed by atoms with van der Waals surface area (Å²) < 4.78 is 5.89. The second-order valence-electron chi connectivity index (χ2n) is 6.97. The molecule has 132 valence electrons. The topological polar surface area (TPSA) is 76.3 Å². The van der Waals surface area contributed by atoms with E-state index in [0.29, 0.717) is 18.0 Å². The average Bonchev–Trinajstić information content (AvgIpc) is 2.61. The van der Waals surface area contributed by atoms with Crippen molar-refractivity contribution in [2.45, 2.75) is 38.3 Å². The van der Waals surface area contributed by atoms with Crippen LogP contribution in [-0.2, 0) is 6.42 Å². The predicted octanol–water partition coefficient (Wildman–Crippen LogP) is 1.93. The molecule has 1 aromatic carbocycles. The zero-order chi connectivity index (χ0) is 17.2. The molecular weight excluding hydrogens is 314 g/mol. The van der Waals surface area contributed by atoms with Crippen LogP contribution in [0.15, 0.2) is 30.3 Å². The Kier molecular flexibility index (Phi) is 4.44. The minimum atomic E-state index is 0.355. The number of para-hydroxylation sites is 1. The monoisotopic (exact) mass is 339 g/mol. The predicted molar refractivity (Wildman–Crippen MR) is 99.0 cm³/mol. The summed E-state index contributed by atoms with van der Waals surface area (Å²) in [4.78, 5) is 10.8. The van der Waals surface area contributed by atoms with Crippen LogP contribution >= 0.6 is 0 Å². The second-order valence-corrected chi connectivity index (χ2v) is 6.97. The van der Waals surface area contributed by atoms with Gasteiger partial charge >= 0.3 is 0 Å². The number of fused-ring (bicyclic) bond motifs is 1. The summed E-state index contributed by atoms with van der Waals surface area (Å²) >= 11 is 0. The molecule has 6 heteroatoms. The Morgan fingerprint density at radius 1 is 1.16 bits per heavy atom. The molecule has 1 saturated heterocycles. The van der Waals surface area contributed by atoms with E-state index in [1.165, 1.54) is 5.56 Å². The molecule has 2 aliphatic rings. The molecule has 1 atom stereocenters. The highest BCUT2D eigenvalue weighted by atomic mass is 16.5. The number of aromatic nitrogens is 2. The van der Waals surface area contributed by atoms with Crippen molar-refractivity contribution in [3.05, 3.63) is 41.6 Å². The summed E-state index contributed by atoms with van der Waals surface area (Å²) in [7, 11) is 0. The van der Waals surface area contributed by atoms with E-state index in [2.05, 4.69) is 38.4 Å². The number of aryl methyl sites for hydroxylation is 1. The Hall–Kier alpha value is -2.34. The summed E-state index contributed by atoms with van der Waals surface area (Å²) in [5.74, 6) is 2.33. The van der Waals surface area contributed by atoms with Crippen molar-refractivity contribution in [1.29, 1.82) is 0 Å². The molecule has 1 unspecified atom stereocenters. The van der Waals surface area contributed by atoms with Crippen LogP contribution in [0.3, 0.4) is 0 Å². The molecule has 2 aliphatic heterocycles. The van der Waals surface area contributed by atoms with Crippen LogP contribution in [-0.4, -0.2) is 41.7 Å². The highest BCUT2D eigenvalue weighted by Gasteiger charge is 2.25. The summed E-state index contributed by atoms with van der Waals surface area (Å²) in [6.07, 6.45) is 3.24. The molecule has 4 rings (SSSR count). The average molecular weight is 339 g/mol. The molecule has 25 heavy (non-hydrogen) atoms. The summed E-state index contributed by atoms with van der Waals surface area (Å²) in [6, 6.07) is 11.3. The molecule has 2 aromatic rings. The molecule has 0 amide bonds. The number of nitrogens with two attached hydrogens (primary N) is 1. The van der Waals surface area contributed by atoms with Crippen LogP contribution in [0.25, 0.3) is 0 Å². The molecule has 1 aromatic heterocycles. The number of ether oxygens (including phenoxy) is 1. The van der Waals surface area contributed by atoms with Gasteiger partial charge in [-0.3, -0.25) is 0 Å². The lowest BCUT2D eigenvalue weighted by atomic mass is 9.99. The first-order valence-electron chi connectivity index (χ1n) is 9.00. The normalized spacial score (nSPS) is 20.8. The Morgan fingerprint density at radius 3 is 2.76 bits per heavy atom. The fourth-order valence-corrected chi connectivity index (χ4v) is 3.78. The fraction of sp³-hybridized carbons (Fsp3) is 0.474. The first-order chi connectivity index (χ1) is 12.2. The molecule has 0 saturated carbocycles. The van der Waals surface area contributed by atoms with Crippen LogP contribution < -0.4 is 20.7 Å². The molecule has 1 fully saturated rings. The van der Waals surface area contributed by atoms with Crippen LogP contribution in [0, 0.1) is 6.92 Å². The van der Waals surface area contributed by atoms with Gasteiger partial charge in [0.05, 0.1) is 0 Å². The molecule has 3 heterocycles. The van der Waals surface area contributed by atoms with Gasteiger partial charge in [-0.1, -0.05) is 18.2 Å². The van der Waals surface area contributed by atoms with E-state index in [9.17, 15) is 0 Å². The Labute approximate surface area is 148 Å². The van der Waals surface area contributed by atoms with Gasteiger partial charge < -0.3 is 20.7 Å². The third-order valence-electron chi connectivity index (χ3n) is 5.03. The lowest BCUT2D eigenvalue weighted by Crippen LogP contribution is -2.49. The van der Waals surface area contributed by atoms with E-state index in [0.717, 1.165) is 56.2 Å². The number of nitrogens with one attached hydrogen (secondary N) is 1. The molecule has 0 aliphatic carbocycles. The molecule has 0 radical (unpaired) electrons. The maximum Gasteiger partial charge on any atom is 0.222 e. The molecular formula is C19H25N5O. The summed E-state index contributed by atoms with van der Waals surface area (Å²) in [5.41, 5.74) is 8.00. The van der Waals surface area contributed by atoms with Gasteiger partial charge in [0.2, 0.25) is 5.95 Å². The molecule has 6 nitrogen and oxygen atoms in total. The lowest BCUT2D eigenvalue weighted by Gasteiger charge is -2.36. The summed E-state index contributed by atoms with van der Waals surface area (Å²) in [6.45, 7) is 4.67. The van der Waals surface area contributed by atoms with Crippen molar-refractivity contribution < 1.29 is 4.74 Å². The van der Waals surface area contributed by atoms with Crippen molar-refractivity contribution >= 4 is 11.8 Å². The Balaban J connectivity index is 1.32. The number of nitrogen functional groups attached to an aromatic ring is 1. The maximum atomic E-state index is 5.89. The molecule has 3 N–H and O–H groups in total. The van der Waals surface area contributed by atoms with Crippen LogP contribution in [0.5, 0.6) is 5.75 Å². The first-order valence-corrected chi connectivity index (χ1v) is 9.00. The van der Waals surface area contributed by atoms with Crippen molar-refractivity contribution in [1.82, 2.24) is 15.3 Å². The van der Waals surface area contributed by atoms with Crippen LogP contribution in [0.1, 0.15) is 24.1 Å². The zero-order valence-electron chi connectivity index (χ0n) is 14.6. The SMILES string of the molecule is Cc1cc(N2CCC(NC3COc4ccccc4C3)CC2)nc(N)n1. The van der Waals surface area contributed by atoms with Crippen molar-refractivity contribution in [2.24, 2.45) is 0 Å². The van der Waals surface area contributed by atoms with Gasteiger partial charge in [0.25, 0.3) is 0 Å². The van der Waals surface area contributed by atoms with Gasteiger partial charge in [-0.25, -0.2) is 4.98 Å². The second kappa shape index (κ2) is 6.88. The quantitative estimate of drug-likeness (QED) is 0.890. The van der Waals surface area contributed by atoms with Gasteiger partial charge in [-0.05, 0) is 37.8 Å². The lowest BCUT2D eigenvalue weighted by molar-refractivity contribution is 0.219. The minimum Gasteiger partial charge on any atom is -0.492 e. The van der Waals surface area contributed by atoms with E-state index in [1.807, 2.05) is 19.1 Å². The number of anilines is 2. The van der Waals surface area contributed by atoms with E-state index in [1.54, 1.807) is 0 Å². The third kappa shape index (κ3) is 3.69. The van der Waals surface area contributed by atoms with Crippen molar-refractivity contribution in [2.75, 3.05) is 30.3 Å².